The first-order valence-corrected chi connectivity index (χ1v) is 14.0. The number of alkyl halides is 3. The first-order chi connectivity index (χ1) is 17.2. The summed E-state index contributed by atoms with van der Waals surface area (Å²) in [5.41, 5.74) is 3.56. The Morgan fingerprint density at radius 3 is 2.36 bits per heavy atom. The van der Waals surface area contributed by atoms with Gasteiger partial charge in [0.1, 0.15) is 5.01 Å². The fourth-order valence-electron chi connectivity index (χ4n) is 3.60. The van der Waals surface area contributed by atoms with Crippen molar-refractivity contribution in [3.63, 3.8) is 0 Å². The number of ether oxygens (including phenoxy) is 2. The van der Waals surface area contributed by atoms with Gasteiger partial charge in [-0.2, -0.15) is 0 Å². The number of aromatic nitrogens is 2. The van der Waals surface area contributed by atoms with Crippen molar-refractivity contribution in [1.82, 2.24) is 15.5 Å². The van der Waals surface area contributed by atoms with Crippen LogP contribution in [0.2, 0.25) is 0 Å². The summed E-state index contributed by atoms with van der Waals surface area (Å²) in [6, 6.07) is 15.3. The van der Waals surface area contributed by atoms with Crippen molar-refractivity contribution in [2.24, 2.45) is 0 Å². The van der Waals surface area contributed by atoms with Gasteiger partial charge in [0.15, 0.2) is 10.6 Å². The molecular weight excluding hydrogens is 565 g/mol. The van der Waals surface area contributed by atoms with Crippen molar-refractivity contribution in [1.29, 1.82) is 0 Å². The molecule has 3 aromatic rings. The summed E-state index contributed by atoms with van der Waals surface area (Å²) in [7, 11) is 0. The number of benzene rings is 2. The van der Waals surface area contributed by atoms with Gasteiger partial charge in [-0.05, 0) is 23.6 Å². The highest BCUT2D eigenvalue weighted by molar-refractivity contribution is 8.01. The number of nitrogens with zero attached hydrogens (tertiary/aromatic N) is 2. The van der Waals surface area contributed by atoms with E-state index < -0.39 is 16.0 Å². The van der Waals surface area contributed by atoms with Gasteiger partial charge >= 0.3 is 0 Å². The minimum Gasteiger partial charge on any atom is -0.392 e. The zero-order chi connectivity index (χ0) is 25.7. The summed E-state index contributed by atoms with van der Waals surface area (Å²) in [5, 5.41) is 21.2. The summed E-state index contributed by atoms with van der Waals surface area (Å²) < 4.78 is 11.6. The quantitative estimate of drug-likeness (QED) is 0.259. The van der Waals surface area contributed by atoms with E-state index in [1.807, 2.05) is 55.5 Å². The zero-order valence-electron chi connectivity index (χ0n) is 19.2. The largest absolute Gasteiger partial charge is 0.392 e. The molecule has 2 N–H and O–H groups in total. The third-order valence-corrected chi connectivity index (χ3v) is 8.10. The molecule has 0 saturated carbocycles. The summed E-state index contributed by atoms with van der Waals surface area (Å²) in [5.74, 6) is 0.0254. The maximum atomic E-state index is 11.8. The van der Waals surface area contributed by atoms with Gasteiger partial charge in [0.2, 0.25) is 0 Å². The predicted octanol–water partition coefficient (Wildman–Crippen LogP) is 5.66. The number of rotatable bonds is 8. The first kappa shape index (κ1) is 27.6. The molecule has 0 spiro atoms. The molecule has 0 bridgehead atoms. The van der Waals surface area contributed by atoms with Crippen molar-refractivity contribution < 1.29 is 19.4 Å². The van der Waals surface area contributed by atoms with Crippen LogP contribution in [0.4, 0.5) is 0 Å². The van der Waals surface area contributed by atoms with Crippen molar-refractivity contribution in [3.8, 4) is 0 Å². The number of aliphatic hydroxyl groups excluding tert-OH is 1. The molecule has 7 nitrogen and oxygen atoms in total. The van der Waals surface area contributed by atoms with Gasteiger partial charge in [-0.3, -0.25) is 4.79 Å². The smallest absolute Gasteiger partial charge is 0.272 e. The maximum absolute atomic E-state index is 11.8. The average Bonchev–Trinajstić information content (AvgIpc) is 3.30. The van der Waals surface area contributed by atoms with Crippen LogP contribution in [0.1, 0.15) is 46.1 Å². The SMILES string of the molecule is Cc1nnc(SC[C@@H]2C[C@H](c3ccc(CO)cc3)O[C@H](c3ccc(CNC(=O)C(Cl)(Cl)Cl)cc3)O2)s1. The number of hydrogen-bond donors (Lipinski definition) is 2. The van der Waals surface area contributed by atoms with E-state index in [0.29, 0.717) is 12.2 Å². The lowest BCUT2D eigenvalue weighted by atomic mass is 10.0. The Balaban J connectivity index is 1.46. The molecule has 4 rings (SSSR count). The second kappa shape index (κ2) is 12.4. The van der Waals surface area contributed by atoms with Gasteiger partial charge in [0.05, 0.1) is 18.8 Å². The Kier molecular flexibility index (Phi) is 9.51. The number of nitrogens with one attached hydrogen (secondary N) is 1. The number of thioether (sulfide) groups is 1. The van der Waals surface area contributed by atoms with Gasteiger partial charge in [0, 0.05) is 24.3 Å². The molecule has 1 amide bonds. The van der Waals surface area contributed by atoms with E-state index in [-0.39, 0.29) is 25.4 Å². The number of amides is 1. The van der Waals surface area contributed by atoms with Crippen LogP contribution >= 0.6 is 57.9 Å². The lowest BCUT2D eigenvalue weighted by molar-refractivity contribution is -0.245. The number of carbonyl (C=O) groups is 1. The molecule has 192 valence electrons. The molecular formula is C24H24Cl3N3O4S2. The Labute approximate surface area is 232 Å². The van der Waals surface area contributed by atoms with Gasteiger partial charge in [-0.15, -0.1) is 10.2 Å². The average molecular weight is 589 g/mol. The van der Waals surface area contributed by atoms with Gasteiger partial charge in [0.25, 0.3) is 9.70 Å². The van der Waals surface area contributed by atoms with Crippen LogP contribution < -0.4 is 5.32 Å². The van der Waals surface area contributed by atoms with Crippen LogP contribution in [0.15, 0.2) is 52.9 Å². The Bertz CT molecular complexity index is 1160. The van der Waals surface area contributed by atoms with E-state index in [9.17, 15) is 9.90 Å². The Morgan fingerprint density at radius 1 is 1.08 bits per heavy atom. The molecule has 12 heteroatoms. The Morgan fingerprint density at radius 2 is 1.75 bits per heavy atom. The van der Waals surface area contributed by atoms with Crippen LogP contribution in [0, 0.1) is 6.92 Å². The molecule has 1 aliphatic rings. The van der Waals surface area contributed by atoms with Crippen molar-refractivity contribution in [2.45, 2.75) is 53.1 Å². The molecule has 1 aromatic heterocycles. The van der Waals surface area contributed by atoms with E-state index in [0.717, 1.165) is 31.6 Å². The predicted molar refractivity (Wildman–Crippen MR) is 142 cm³/mol. The fourth-order valence-corrected chi connectivity index (χ4v) is 5.66. The first-order valence-electron chi connectivity index (χ1n) is 11.1. The minimum absolute atomic E-state index is 0.00740. The van der Waals surface area contributed by atoms with Gasteiger partial charge in [-0.25, -0.2) is 0 Å². The highest BCUT2D eigenvalue weighted by Crippen LogP contribution is 2.39. The molecule has 1 aliphatic heterocycles. The van der Waals surface area contributed by atoms with Crippen molar-refractivity contribution >= 4 is 63.8 Å². The van der Waals surface area contributed by atoms with Crippen molar-refractivity contribution in [2.75, 3.05) is 5.75 Å². The van der Waals surface area contributed by atoms with E-state index in [4.69, 9.17) is 44.3 Å². The summed E-state index contributed by atoms with van der Waals surface area (Å²) in [6.07, 6.45) is -0.154. The number of carbonyl (C=O) groups excluding carboxylic acids is 1. The molecule has 3 atom stereocenters. The molecule has 2 heterocycles. The number of halogens is 3. The standard InChI is InChI=1S/C24H24Cl3N3O4S2/c1-14-29-30-23(36-14)35-13-19-10-20(17-6-4-16(12-31)5-7-17)34-21(33-19)18-8-2-15(3-9-18)11-28-22(32)24(25,26)27/h2-9,19-21,31H,10-13H2,1H3,(H,28,32)/t19-,20+,21+/m0/s1. The number of aliphatic hydroxyl groups is 1. The van der Waals surface area contributed by atoms with Gasteiger partial charge in [-0.1, -0.05) is 106 Å². The third-order valence-electron chi connectivity index (χ3n) is 5.48. The molecule has 36 heavy (non-hydrogen) atoms. The lowest BCUT2D eigenvalue weighted by Crippen LogP contribution is -2.34. The van der Waals surface area contributed by atoms with E-state index >= 15 is 0 Å². The highest BCUT2D eigenvalue weighted by Gasteiger charge is 2.33. The van der Waals surface area contributed by atoms with Crippen LogP contribution in [0.5, 0.6) is 0 Å². The molecule has 1 saturated heterocycles. The van der Waals surface area contributed by atoms with Crippen molar-refractivity contribution in [3.05, 3.63) is 75.8 Å². The van der Waals surface area contributed by atoms with Crippen LogP contribution in [0.25, 0.3) is 0 Å². The molecule has 0 aliphatic carbocycles. The van der Waals surface area contributed by atoms with Gasteiger partial charge < -0.3 is 19.9 Å². The second-order valence-corrected chi connectivity index (χ2v) is 12.9. The fraction of sp³-hybridized carbons (Fsp3) is 0.375. The maximum Gasteiger partial charge on any atom is 0.272 e. The van der Waals surface area contributed by atoms with Crippen LogP contribution in [0.3, 0.4) is 0 Å². The topological polar surface area (TPSA) is 93.6 Å². The van der Waals surface area contributed by atoms with E-state index in [2.05, 4.69) is 15.5 Å². The third kappa shape index (κ3) is 7.55. The monoisotopic (exact) mass is 587 g/mol. The Hall–Kier alpha value is -1.43. The summed E-state index contributed by atoms with van der Waals surface area (Å²) in [4.78, 5) is 11.8. The highest BCUT2D eigenvalue weighted by atomic mass is 35.6. The van der Waals surface area contributed by atoms with E-state index in [1.54, 1.807) is 23.1 Å². The summed E-state index contributed by atoms with van der Waals surface area (Å²) in [6.45, 7) is 2.15. The number of aryl methyl sites for hydroxylation is 1. The molecule has 0 radical (unpaired) electrons. The van der Waals surface area contributed by atoms with Crippen LogP contribution in [-0.4, -0.2) is 36.9 Å². The molecule has 0 unspecified atom stereocenters. The second-order valence-electron chi connectivity index (χ2n) is 8.17. The number of hydrogen-bond acceptors (Lipinski definition) is 8. The van der Waals surface area contributed by atoms with Crippen LogP contribution in [-0.2, 0) is 27.4 Å². The van der Waals surface area contributed by atoms with E-state index in [1.165, 1.54) is 0 Å². The minimum atomic E-state index is -2.01. The summed E-state index contributed by atoms with van der Waals surface area (Å²) >= 11 is 20.0. The normalized spacial score (nSPS) is 20.3. The lowest BCUT2D eigenvalue weighted by Gasteiger charge is -2.36. The molecule has 2 aromatic carbocycles. The molecule has 1 fully saturated rings. The zero-order valence-corrected chi connectivity index (χ0v) is 23.1.